The van der Waals surface area contributed by atoms with Crippen molar-refractivity contribution in [2.45, 2.75) is 65.8 Å². The van der Waals surface area contributed by atoms with Gasteiger partial charge in [0, 0.05) is 18.1 Å². The number of rotatable bonds is 11. The molecule has 1 unspecified atom stereocenters. The zero-order chi connectivity index (χ0) is 21.3. The Morgan fingerprint density at radius 2 is 1.83 bits per heavy atom. The summed E-state index contributed by atoms with van der Waals surface area (Å²) in [5.74, 6) is 0.606. The Kier molecular flexibility index (Phi) is 8.39. The van der Waals surface area contributed by atoms with Crippen LogP contribution in [0.3, 0.4) is 0 Å². The monoisotopic (exact) mass is 406 g/mol. The zero-order valence-electron chi connectivity index (χ0n) is 18.7. The van der Waals surface area contributed by atoms with E-state index in [1.54, 1.807) is 6.07 Å². The number of fused-ring (bicyclic) bond motifs is 1. The number of halogens is 1. The second-order valence-corrected chi connectivity index (χ2v) is 8.21. The molecule has 160 valence electrons. The van der Waals surface area contributed by atoms with E-state index in [-0.39, 0.29) is 5.82 Å². The number of aryl methyl sites for hydroxylation is 1. The van der Waals surface area contributed by atoms with Crippen LogP contribution in [0, 0.1) is 11.7 Å². The van der Waals surface area contributed by atoms with Gasteiger partial charge in [-0.2, -0.15) is 0 Å². The molecule has 1 N–H and O–H groups in total. The number of nitrogens with zero attached hydrogens (tertiary/aromatic N) is 1. The van der Waals surface area contributed by atoms with Crippen molar-refractivity contribution < 1.29 is 4.39 Å². The fraction of sp³-hybridized carbons (Fsp3) is 0.444. The number of unbranched alkanes of at least 4 members (excludes halogenated alkanes) is 1. The third-order valence-corrected chi connectivity index (χ3v) is 6.15. The van der Waals surface area contributed by atoms with Gasteiger partial charge in [0.1, 0.15) is 5.82 Å². The molecule has 0 aliphatic carbocycles. The van der Waals surface area contributed by atoms with Crippen LogP contribution >= 0.6 is 0 Å². The van der Waals surface area contributed by atoms with Crippen LogP contribution in [0.25, 0.3) is 22.0 Å². The molecule has 0 aliphatic rings. The predicted molar refractivity (Wildman–Crippen MR) is 126 cm³/mol. The molecular formula is C27H35FN2. The van der Waals surface area contributed by atoms with E-state index in [4.69, 9.17) is 0 Å². The van der Waals surface area contributed by atoms with E-state index in [1.807, 2.05) is 18.3 Å². The lowest BCUT2D eigenvalue weighted by Gasteiger charge is -2.15. The second-order valence-electron chi connectivity index (χ2n) is 8.21. The molecule has 3 rings (SSSR count). The number of pyridine rings is 1. The fourth-order valence-electron chi connectivity index (χ4n) is 4.21. The van der Waals surface area contributed by atoms with E-state index >= 15 is 0 Å². The summed E-state index contributed by atoms with van der Waals surface area (Å²) in [6.07, 6.45) is 8.65. The van der Waals surface area contributed by atoms with Crippen molar-refractivity contribution >= 4 is 10.9 Å². The van der Waals surface area contributed by atoms with Crippen molar-refractivity contribution in [3.63, 3.8) is 0 Å². The van der Waals surface area contributed by atoms with Crippen molar-refractivity contribution in [3.8, 4) is 11.1 Å². The number of nitrogens with one attached hydrogen (secondary N) is 1. The Balaban J connectivity index is 1.83. The molecule has 0 amide bonds. The predicted octanol–water partition coefficient (Wildman–Crippen LogP) is 7.30. The standard InChI is InChI=1S/C27H35FN2/c1-4-7-9-20(5-2)11-12-21-13-14-22(18-26(21)28)24-16-15-23(19-29-6-3)27-25(24)10-8-17-30-27/h8,10,13-18,20,29H,4-7,9,11-12,19H2,1-3H3. The van der Waals surface area contributed by atoms with Crippen LogP contribution in [0.4, 0.5) is 4.39 Å². The Bertz CT molecular complexity index is 951. The molecule has 1 aromatic heterocycles. The summed E-state index contributed by atoms with van der Waals surface area (Å²) >= 11 is 0. The summed E-state index contributed by atoms with van der Waals surface area (Å²) in [4.78, 5) is 4.61. The van der Waals surface area contributed by atoms with E-state index in [9.17, 15) is 4.39 Å². The molecule has 2 aromatic carbocycles. The van der Waals surface area contributed by atoms with Crippen molar-refractivity contribution in [1.82, 2.24) is 10.3 Å². The zero-order valence-corrected chi connectivity index (χ0v) is 18.7. The van der Waals surface area contributed by atoms with Crippen molar-refractivity contribution in [1.29, 1.82) is 0 Å². The number of aromatic nitrogens is 1. The van der Waals surface area contributed by atoms with Crippen LogP contribution in [0.5, 0.6) is 0 Å². The molecule has 1 atom stereocenters. The highest BCUT2D eigenvalue weighted by Gasteiger charge is 2.12. The highest BCUT2D eigenvalue weighted by Crippen LogP contribution is 2.31. The van der Waals surface area contributed by atoms with Gasteiger partial charge in [-0.25, -0.2) is 4.39 Å². The first-order valence-corrected chi connectivity index (χ1v) is 11.5. The van der Waals surface area contributed by atoms with Gasteiger partial charge in [0.05, 0.1) is 5.52 Å². The lowest BCUT2D eigenvalue weighted by atomic mass is 9.91. The SMILES string of the molecule is CCCCC(CC)CCc1ccc(-c2ccc(CNCC)c3ncccc23)cc1F. The molecule has 30 heavy (non-hydrogen) atoms. The molecule has 0 radical (unpaired) electrons. The van der Waals surface area contributed by atoms with Gasteiger partial charge in [-0.3, -0.25) is 4.98 Å². The largest absolute Gasteiger partial charge is 0.313 e. The molecule has 0 bridgehead atoms. The summed E-state index contributed by atoms with van der Waals surface area (Å²) in [7, 11) is 0. The average Bonchev–Trinajstić information content (AvgIpc) is 2.78. The molecule has 0 fully saturated rings. The molecule has 0 spiro atoms. The molecule has 0 aliphatic heterocycles. The van der Waals surface area contributed by atoms with Crippen LogP contribution in [0.15, 0.2) is 48.7 Å². The average molecular weight is 407 g/mol. The summed E-state index contributed by atoms with van der Waals surface area (Å²) in [5, 5.41) is 4.45. The lowest BCUT2D eigenvalue weighted by Crippen LogP contribution is -2.12. The van der Waals surface area contributed by atoms with Crippen molar-refractivity contribution in [2.24, 2.45) is 5.92 Å². The molecule has 2 nitrogen and oxygen atoms in total. The normalized spacial score (nSPS) is 12.4. The molecule has 0 saturated carbocycles. The second kappa shape index (κ2) is 11.2. The third-order valence-electron chi connectivity index (χ3n) is 6.15. The fourth-order valence-corrected chi connectivity index (χ4v) is 4.21. The highest BCUT2D eigenvalue weighted by molar-refractivity contribution is 5.96. The quantitative estimate of drug-likeness (QED) is 0.361. The topological polar surface area (TPSA) is 24.9 Å². The van der Waals surface area contributed by atoms with Gasteiger partial charge in [0.25, 0.3) is 0 Å². The summed E-state index contributed by atoms with van der Waals surface area (Å²) in [6.45, 7) is 8.28. The van der Waals surface area contributed by atoms with Crippen LogP contribution in [-0.2, 0) is 13.0 Å². The van der Waals surface area contributed by atoms with Gasteiger partial charge in [-0.15, -0.1) is 0 Å². The van der Waals surface area contributed by atoms with E-state index in [2.05, 4.69) is 55.3 Å². The minimum Gasteiger partial charge on any atom is -0.313 e. The third kappa shape index (κ3) is 5.46. The number of hydrogen-bond donors (Lipinski definition) is 1. The van der Waals surface area contributed by atoms with Crippen LogP contribution in [0.1, 0.15) is 64.0 Å². The van der Waals surface area contributed by atoms with E-state index in [0.29, 0.717) is 5.92 Å². The maximum Gasteiger partial charge on any atom is 0.127 e. The van der Waals surface area contributed by atoms with E-state index in [1.165, 1.54) is 31.2 Å². The molecule has 3 heteroatoms. The first-order chi connectivity index (χ1) is 14.7. The summed E-state index contributed by atoms with van der Waals surface area (Å²) < 4.78 is 15.0. The highest BCUT2D eigenvalue weighted by atomic mass is 19.1. The van der Waals surface area contributed by atoms with Crippen molar-refractivity contribution in [2.75, 3.05) is 6.54 Å². The number of benzene rings is 2. The van der Waals surface area contributed by atoms with Gasteiger partial charge >= 0.3 is 0 Å². The lowest BCUT2D eigenvalue weighted by molar-refractivity contribution is 0.418. The number of hydrogen-bond acceptors (Lipinski definition) is 2. The van der Waals surface area contributed by atoms with Gasteiger partial charge in [0.15, 0.2) is 0 Å². The minimum absolute atomic E-state index is 0.0911. The maximum atomic E-state index is 15.0. The smallest absolute Gasteiger partial charge is 0.127 e. The first-order valence-electron chi connectivity index (χ1n) is 11.5. The Labute approximate surface area is 180 Å². The molecule has 0 saturated heterocycles. The van der Waals surface area contributed by atoms with Gasteiger partial charge < -0.3 is 5.32 Å². The first kappa shape index (κ1) is 22.4. The maximum absolute atomic E-state index is 15.0. The van der Waals surface area contributed by atoms with Crippen LogP contribution in [0.2, 0.25) is 0 Å². The van der Waals surface area contributed by atoms with E-state index in [0.717, 1.165) is 53.5 Å². The molecule has 3 aromatic rings. The molecular weight excluding hydrogens is 371 g/mol. The summed E-state index contributed by atoms with van der Waals surface area (Å²) in [5.41, 5.74) is 4.95. The van der Waals surface area contributed by atoms with Gasteiger partial charge in [-0.05, 0) is 59.7 Å². The van der Waals surface area contributed by atoms with E-state index < -0.39 is 0 Å². The Hall–Kier alpha value is -2.26. The van der Waals surface area contributed by atoms with Crippen molar-refractivity contribution in [3.05, 3.63) is 65.6 Å². The van der Waals surface area contributed by atoms with Crippen LogP contribution in [-0.4, -0.2) is 11.5 Å². The molecule has 1 heterocycles. The Morgan fingerprint density at radius 1 is 1.00 bits per heavy atom. The summed E-state index contributed by atoms with van der Waals surface area (Å²) in [6, 6.07) is 14.0. The van der Waals surface area contributed by atoms with Gasteiger partial charge in [0.2, 0.25) is 0 Å². The minimum atomic E-state index is -0.0911. The Morgan fingerprint density at radius 3 is 2.57 bits per heavy atom. The van der Waals surface area contributed by atoms with Crippen LogP contribution < -0.4 is 5.32 Å². The van der Waals surface area contributed by atoms with Gasteiger partial charge in [-0.1, -0.05) is 76.8 Å².